The molecule has 0 radical (unpaired) electrons. The fraction of sp³-hybridized carbons (Fsp3) is 0. The van der Waals surface area contributed by atoms with Crippen LogP contribution < -0.4 is 14.7 Å². The zero-order valence-corrected chi connectivity index (χ0v) is 32.8. The van der Waals surface area contributed by atoms with Crippen molar-refractivity contribution in [3.05, 3.63) is 237 Å². The highest BCUT2D eigenvalue weighted by atomic mass is 16.3. The Morgan fingerprint density at radius 2 is 0.583 bits per heavy atom. The first-order chi connectivity index (χ1) is 29.7. The molecule has 0 spiro atoms. The fourth-order valence-electron chi connectivity index (χ4n) is 8.58. The van der Waals surface area contributed by atoms with Crippen LogP contribution in [0.4, 0.5) is 51.2 Å². The molecule has 0 bridgehead atoms. The van der Waals surface area contributed by atoms with Crippen LogP contribution in [0.25, 0.3) is 43.8 Å². The molecular weight excluding hydrogens is 731 g/mol. The Bertz CT molecular complexity index is 2960. The van der Waals surface area contributed by atoms with Gasteiger partial charge in [0.1, 0.15) is 11.2 Å². The Kier molecular flexibility index (Phi) is 8.79. The van der Waals surface area contributed by atoms with E-state index in [0.717, 1.165) is 73.5 Å². The van der Waals surface area contributed by atoms with Crippen molar-refractivity contribution < 1.29 is 4.42 Å². The second-order valence-electron chi connectivity index (χ2n) is 15.0. The topological polar surface area (TPSA) is 22.9 Å². The van der Waals surface area contributed by atoms with E-state index in [4.69, 9.17) is 4.42 Å². The number of furan rings is 1. The second kappa shape index (κ2) is 15.0. The van der Waals surface area contributed by atoms with Crippen molar-refractivity contribution in [3.63, 3.8) is 0 Å². The predicted octanol–water partition coefficient (Wildman–Crippen LogP) is 16.3. The van der Waals surface area contributed by atoms with Crippen LogP contribution in [-0.2, 0) is 0 Å². The maximum absolute atomic E-state index is 6.40. The van der Waals surface area contributed by atoms with Crippen molar-refractivity contribution in [1.29, 1.82) is 0 Å². The molecule has 0 fully saturated rings. The minimum Gasteiger partial charge on any atom is -0.456 e. The lowest BCUT2D eigenvalue weighted by molar-refractivity contribution is 0.669. The number of nitrogens with zero attached hydrogens (tertiary/aromatic N) is 3. The number of para-hydroxylation sites is 4. The van der Waals surface area contributed by atoms with Gasteiger partial charge >= 0.3 is 0 Å². The van der Waals surface area contributed by atoms with Crippen LogP contribution >= 0.6 is 0 Å². The molecule has 0 saturated carbocycles. The first-order valence-electron chi connectivity index (χ1n) is 20.3. The second-order valence-corrected chi connectivity index (χ2v) is 15.0. The van der Waals surface area contributed by atoms with Crippen LogP contribution in [0.3, 0.4) is 0 Å². The van der Waals surface area contributed by atoms with E-state index >= 15 is 0 Å². The monoisotopic (exact) mass is 769 g/mol. The molecule has 0 aliphatic heterocycles. The molecule has 60 heavy (non-hydrogen) atoms. The van der Waals surface area contributed by atoms with Crippen LogP contribution in [-0.4, -0.2) is 0 Å². The van der Waals surface area contributed by atoms with Crippen LogP contribution in [0.15, 0.2) is 241 Å². The summed E-state index contributed by atoms with van der Waals surface area (Å²) in [5.74, 6) is 0. The summed E-state index contributed by atoms with van der Waals surface area (Å²) >= 11 is 0. The summed E-state index contributed by atoms with van der Waals surface area (Å²) in [6.07, 6.45) is 0. The van der Waals surface area contributed by atoms with E-state index < -0.39 is 0 Å². The van der Waals surface area contributed by atoms with Gasteiger partial charge in [-0.1, -0.05) is 109 Å². The molecule has 0 unspecified atom stereocenters. The molecule has 4 nitrogen and oxygen atoms in total. The molecule has 1 aromatic heterocycles. The first kappa shape index (κ1) is 35.1. The Morgan fingerprint density at radius 3 is 1.00 bits per heavy atom. The SMILES string of the molecule is c1ccc(N(c2ccccc2)c2ccc(N(c3ccc(-c4cc5ccc6cccc7oc(c4)c5c67)cc3)c3ccc(N(c4ccccc4)c4ccccc4)cc3)cc2)cc1. The molecule has 1 heterocycles. The van der Waals surface area contributed by atoms with Crippen LogP contribution in [0.5, 0.6) is 0 Å². The third kappa shape index (κ3) is 6.37. The Morgan fingerprint density at radius 1 is 0.233 bits per heavy atom. The molecule has 0 aliphatic carbocycles. The summed E-state index contributed by atoms with van der Waals surface area (Å²) in [5.41, 5.74) is 13.8. The number of anilines is 9. The van der Waals surface area contributed by atoms with Crippen molar-refractivity contribution in [2.45, 2.75) is 0 Å². The zero-order chi connectivity index (χ0) is 39.8. The number of hydrogen-bond acceptors (Lipinski definition) is 4. The summed E-state index contributed by atoms with van der Waals surface area (Å²) < 4.78 is 6.40. The minimum absolute atomic E-state index is 0.917. The normalized spacial score (nSPS) is 11.3. The molecular formula is C56H39N3O. The van der Waals surface area contributed by atoms with Gasteiger partial charge in [-0.05, 0) is 149 Å². The lowest BCUT2D eigenvalue weighted by atomic mass is 9.97. The standard InChI is InChI=1S/C56H39N3O/c1-5-15-44(16-6-1)57(45-17-7-2-8-18-45)49-30-34-51(35-31-49)59(52-36-32-50(33-37-52)58(46-19-9-3-10-20-46)47-21-11-4-12-22-47)48-28-26-40(27-29-48)43-38-42-25-24-41-14-13-23-53-55(41)56(42)54(39-43)60-53/h1-39H. The van der Waals surface area contributed by atoms with E-state index in [1.807, 2.05) is 0 Å². The molecule has 0 atom stereocenters. The Hall–Kier alpha value is -8.08. The van der Waals surface area contributed by atoms with Crippen molar-refractivity contribution >= 4 is 83.9 Å². The van der Waals surface area contributed by atoms with Crippen LogP contribution in [0, 0.1) is 0 Å². The van der Waals surface area contributed by atoms with Gasteiger partial charge in [0, 0.05) is 62.0 Å². The molecule has 0 amide bonds. The van der Waals surface area contributed by atoms with Gasteiger partial charge in [0.25, 0.3) is 0 Å². The number of rotatable bonds is 10. The summed E-state index contributed by atoms with van der Waals surface area (Å²) in [7, 11) is 0. The van der Waals surface area contributed by atoms with E-state index in [9.17, 15) is 0 Å². The summed E-state index contributed by atoms with van der Waals surface area (Å²) in [5, 5.41) is 4.78. The number of hydrogen-bond donors (Lipinski definition) is 0. The maximum Gasteiger partial charge on any atom is 0.136 e. The molecule has 284 valence electrons. The van der Waals surface area contributed by atoms with Gasteiger partial charge in [0.2, 0.25) is 0 Å². The third-order valence-corrected chi connectivity index (χ3v) is 11.4. The van der Waals surface area contributed by atoms with Gasteiger partial charge in [0.15, 0.2) is 0 Å². The van der Waals surface area contributed by atoms with Gasteiger partial charge in [-0.15, -0.1) is 0 Å². The van der Waals surface area contributed by atoms with Gasteiger partial charge in [-0.2, -0.15) is 0 Å². The lowest BCUT2D eigenvalue weighted by Gasteiger charge is -2.29. The third-order valence-electron chi connectivity index (χ3n) is 11.4. The van der Waals surface area contributed by atoms with Crippen molar-refractivity contribution in [2.75, 3.05) is 14.7 Å². The van der Waals surface area contributed by atoms with Gasteiger partial charge in [-0.3, -0.25) is 0 Å². The van der Waals surface area contributed by atoms with E-state index in [0.29, 0.717) is 0 Å². The molecule has 0 N–H and O–H groups in total. The van der Waals surface area contributed by atoms with E-state index in [-0.39, 0.29) is 0 Å². The average Bonchev–Trinajstić information content (AvgIpc) is 3.71. The highest BCUT2D eigenvalue weighted by Gasteiger charge is 2.19. The highest BCUT2D eigenvalue weighted by molar-refractivity contribution is 6.22. The molecule has 10 aromatic carbocycles. The first-order valence-corrected chi connectivity index (χ1v) is 20.3. The fourth-order valence-corrected chi connectivity index (χ4v) is 8.58. The quantitative estimate of drug-likeness (QED) is 0.129. The molecule has 0 saturated heterocycles. The Balaban J connectivity index is 0.995. The summed E-state index contributed by atoms with van der Waals surface area (Å²) in [4.78, 5) is 6.92. The van der Waals surface area contributed by atoms with E-state index in [1.54, 1.807) is 0 Å². The molecule has 0 aliphatic rings. The van der Waals surface area contributed by atoms with Gasteiger partial charge in [-0.25, -0.2) is 0 Å². The van der Waals surface area contributed by atoms with Gasteiger partial charge in [0.05, 0.1) is 0 Å². The zero-order valence-electron chi connectivity index (χ0n) is 32.8. The van der Waals surface area contributed by atoms with Crippen molar-refractivity contribution in [2.24, 2.45) is 0 Å². The highest BCUT2D eigenvalue weighted by Crippen LogP contribution is 2.43. The molecule has 11 rings (SSSR count). The van der Waals surface area contributed by atoms with Crippen molar-refractivity contribution in [1.82, 2.24) is 0 Å². The summed E-state index contributed by atoms with van der Waals surface area (Å²) in [6.45, 7) is 0. The van der Waals surface area contributed by atoms with E-state index in [1.165, 1.54) is 21.5 Å². The minimum atomic E-state index is 0.917. The lowest BCUT2D eigenvalue weighted by Crippen LogP contribution is -2.13. The predicted molar refractivity (Wildman–Crippen MR) is 252 cm³/mol. The Labute approximate surface area is 349 Å². The van der Waals surface area contributed by atoms with Gasteiger partial charge < -0.3 is 19.1 Å². The van der Waals surface area contributed by atoms with Crippen molar-refractivity contribution in [3.8, 4) is 11.1 Å². The largest absolute Gasteiger partial charge is 0.456 e. The van der Waals surface area contributed by atoms with Crippen LogP contribution in [0.2, 0.25) is 0 Å². The number of benzene rings is 10. The summed E-state index contributed by atoms with van der Waals surface area (Å²) in [6, 6.07) is 83.9. The van der Waals surface area contributed by atoms with E-state index in [2.05, 4.69) is 251 Å². The average molecular weight is 770 g/mol. The smallest absolute Gasteiger partial charge is 0.136 e. The van der Waals surface area contributed by atoms with Crippen LogP contribution in [0.1, 0.15) is 0 Å². The molecule has 4 heteroatoms. The molecule has 11 aromatic rings. The maximum atomic E-state index is 6.40.